The molecule has 0 aliphatic rings. The van der Waals surface area contributed by atoms with E-state index < -0.39 is 5.82 Å². The van der Waals surface area contributed by atoms with Gasteiger partial charge in [0.15, 0.2) is 11.6 Å². The summed E-state index contributed by atoms with van der Waals surface area (Å²) >= 11 is 0. The summed E-state index contributed by atoms with van der Waals surface area (Å²) in [4.78, 5) is 2.16. The van der Waals surface area contributed by atoms with Crippen LogP contribution in [0.15, 0.2) is 18.2 Å². The van der Waals surface area contributed by atoms with Crippen LogP contribution < -0.4 is 5.32 Å². The molecule has 0 fully saturated rings. The molecule has 0 spiro atoms. The molecule has 0 unspecified atom stereocenters. The van der Waals surface area contributed by atoms with Crippen molar-refractivity contribution < 1.29 is 14.2 Å². The average molecular weight is 256 g/mol. The number of hydrogen-bond acceptors (Lipinski definition) is 4. The van der Waals surface area contributed by atoms with E-state index in [9.17, 15) is 4.39 Å². The summed E-state index contributed by atoms with van der Waals surface area (Å²) in [6.45, 7) is 3.94. The van der Waals surface area contributed by atoms with Gasteiger partial charge in [0.05, 0.1) is 6.61 Å². The number of halogens is 1. The highest BCUT2D eigenvalue weighted by molar-refractivity contribution is 5.27. The molecular formula is C13H21FN2O2. The summed E-state index contributed by atoms with van der Waals surface area (Å²) < 4.78 is 18.0. The van der Waals surface area contributed by atoms with Gasteiger partial charge in [-0.3, -0.25) is 0 Å². The van der Waals surface area contributed by atoms with Crippen LogP contribution in [0.2, 0.25) is 0 Å². The van der Waals surface area contributed by atoms with Crippen LogP contribution in [0, 0.1) is 5.82 Å². The van der Waals surface area contributed by atoms with Crippen molar-refractivity contribution in [3.8, 4) is 5.75 Å². The van der Waals surface area contributed by atoms with Crippen molar-refractivity contribution in [1.29, 1.82) is 0 Å². The number of hydrogen-bond donors (Lipinski definition) is 2. The van der Waals surface area contributed by atoms with Gasteiger partial charge < -0.3 is 20.1 Å². The third-order valence-corrected chi connectivity index (χ3v) is 2.69. The summed E-state index contributed by atoms with van der Waals surface area (Å²) in [7, 11) is 3.71. The molecule has 0 aliphatic heterocycles. The molecule has 0 amide bonds. The largest absolute Gasteiger partial charge is 0.505 e. The van der Waals surface area contributed by atoms with Crippen molar-refractivity contribution in [2.45, 2.75) is 6.54 Å². The van der Waals surface area contributed by atoms with E-state index in [2.05, 4.69) is 10.2 Å². The number of likely N-dealkylation sites (N-methyl/N-ethyl adjacent to an activating group) is 1. The summed E-state index contributed by atoms with van der Waals surface area (Å²) in [5.74, 6) is -0.885. The number of benzene rings is 1. The van der Waals surface area contributed by atoms with Crippen LogP contribution in [0.4, 0.5) is 4.39 Å². The zero-order chi connectivity index (χ0) is 13.4. The van der Waals surface area contributed by atoms with E-state index in [0.717, 1.165) is 31.8 Å². The SMILES string of the molecule is COCCN(C)CCNCc1ccc(O)c(F)c1. The van der Waals surface area contributed by atoms with Crippen molar-refractivity contribution in [2.75, 3.05) is 40.4 Å². The molecule has 4 nitrogen and oxygen atoms in total. The maximum absolute atomic E-state index is 13.1. The summed E-state index contributed by atoms with van der Waals surface area (Å²) in [5, 5.41) is 12.3. The minimum Gasteiger partial charge on any atom is -0.505 e. The molecule has 0 saturated carbocycles. The smallest absolute Gasteiger partial charge is 0.165 e. The Morgan fingerprint density at radius 3 is 2.83 bits per heavy atom. The fourth-order valence-electron chi connectivity index (χ4n) is 1.52. The van der Waals surface area contributed by atoms with Crippen LogP contribution in [0.5, 0.6) is 5.75 Å². The molecule has 1 aromatic rings. The standard InChI is InChI=1S/C13H21FN2O2/c1-16(7-8-18-2)6-5-15-10-11-3-4-13(17)12(14)9-11/h3-4,9,15,17H,5-8,10H2,1-2H3. The van der Waals surface area contributed by atoms with Crippen molar-refractivity contribution in [3.63, 3.8) is 0 Å². The van der Waals surface area contributed by atoms with Crippen LogP contribution >= 0.6 is 0 Å². The van der Waals surface area contributed by atoms with Crippen LogP contribution in [-0.4, -0.2) is 50.4 Å². The average Bonchev–Trinajstić information content (AvgIpc) is 2.36. The predicted molar refractivity (Wildman–Crippen MR) is 69.1 cm³/mol. The highest BCUT2D eigenvalue weighted by Crippen LogP contribution is 2.15. The molecule has 0 atom stereocenters. The second-order valence-electron chi connectivity index (χ2n) is 4.26. The predicted octanol–water partition coefficient (Wildman–Crippen LogP) is 1.20. The minimum atomic E-state index is -0.577. The molecule has 18 heavy (non-hydrogen) atoms. The zero-order valence-electron chi connectivity index (χ0n) is 10.9. The van der Waals surface area contributed by atoms with Gasteiger partial charge in [-0.1, -0.05) is 6.07 Å². The van der Waals surface area contributed by atoms with Gasteiger partial charge in [0.25, 0.3) is 0 Å². The maximum atomic E-state index is 13.1. The number of nitrogens with one attached hydrogen (secondary N) is 1. The molecule has 102 valence electrons. The van der Waals surface area contributed by atoms with E-state index in [1.165, 1.54) is 12.1 Å². The fraction of sp³-hybridized carbons (Fsp3) is 0.538. The maximum Gasteiger partial charge on any atom is 0.165 e. The molecule has 0 bridgehead atoms. The highest BCUT2D eigenvalue weighted by atomic mass is 19.1. The van der Waals surface area contributed by atoms with Crippen molar-refractivity contribution in [3.05, 3.63) is 29.6 Å². The van der Waals surface area contributed by atoms with Gasteiger partial charge in [-0.25, -0.2) is 4.39 Å². The van der Waals surface area contributed by atoms with Gasteiger partial charge in [-0.05, 0) is 24.7 Å². The van der Waals surface area contributed by atoms with Gasteiger partial charge in [0.1, 0.15) is 0 Å². The van der Waals surface area contributed by atoms with Gasteiger partial charge in [-0.15, -0.1) is 0 Å². The summed E-state index contributed by atoms with van der Waals surface area (Å²) in [5.41, 5.74) is 0.824. The minimum absolute atomic E-state index is 0.307. The van der Waals surface area contributed by atoms with E-state index in [1.54, 1.807) is 13.2 Å². The molecule has 0 radical (unpaired) electrons. The van der Waals surface area contributed by atoms with Gasteiger partial charge in [-0.2, -0.15) is 0 Å². The number of phenols is 1. The number of methoxy groups -OCH3 is 1. The van der Waals surface area contributed by atoms with Gasteiger partial charge in [0, 0.05) is 33.3 Å². The molecule has 0 saturated heterocycles. The second-order valence-corrected chi connectivity index (χ2v) is 4.26. The van der Waals surface area contributed by atoms with E-state index in [4.69, 9.17) is 9.84 Å². The lowest BCUT2D eigenvalue weighted by Gasteiger charge is -2.16. The Morgan fingerprint density at radius 1 is 1.39 bits per heavy atom. The number of phenolic OH excluding ortho intramolecular Hbond substituents is 1. The Bertz CT molecular complexity index is 361. The topological polar surface area (TPSA) is 44.7 Å². The Labute approximate surface area is 107 Å². The molecule has 1 aromatic carbocycles. The number of nitrogens with zero attached hydrogens (tertiary/aromatic N) is 1. The Morgan fingerprint density at radius 2 is 2.17 bits per heavy atom. The van der Waals surface area contributed by atoms with Crippen LogP contribution in [0.3, 0.4) is 0 Å². The van der Waals surface area contributed by atoms with E-state index >= 15 is 0 Å². The fourth-order valence-corrected chi connectivity index (χ4v) is 1.52. The van der Waals surface area contributed by atoms with Crippen molar-refractivity contribution in [2.24, 2.45) is 0 Å². The van der Waals surface area contributed by atoms with Gasteiger partial charge in [0.2, 0.25) is 0 Å². The van der Waals surface area contributed by atoms with Crippen LogP contribution in [0.25, 0.3) is 0 Å². The lowest BCUT2D eigenvalue weighted by Crippen LogP contribution is -2.31. The first-order chi connectivity index (χ1) is 8.63. The monoisotopic (exact) mass is 256 g/mol. The number of rotatable bonds is 8. The molecule has 2 N–H and O–H groups in total. The first-order valence-corrected chi connectivity index (χ1v) is 5.99. The van der Waals surface area contributed by atoms with E-state index in [-0.39, 0.29) is 5.75 Å². The quantitative estimate of drug-likeness (QED) is 0.686. The zero-order valence-corrected chi connectivity index (χ0v) is 10.9. The Kier molecular flexibility index (Phi) is 6.64. The van der Waals surface area contributed by atoms with Crippen LogP contribution in [0.1, 0.15) is 5.56 Å². The Hall–Kier alpha value is -1.17. The summed E-state index contributed by atoms with van der Waals surface area (Å²) in [6.07, 6.45) is 0. The summed E-state index contributed by atoms with van der Waals surface area (Å²) in [6, 6.07) is 4.42. The third kappa shape index (κ3) is 5.44. The first kappa shape index (κ1) is 14.9. The van der Waals surface area contributed by atoms with Gasteiger partial charge >= 0.3 is 0 Å². The number of ether oxygens (including phenoxy) is 1. The number of aromatic hydroxyl groups is 1. The van der Waals surface area contributed by atoms with Crippen molar-refractivity contribution in [1.82, 2.24) is 10.2 Å². The first-order valence-electron chi connectivity index (χ1n) is 5.99. The molecule has 0 aliphatic carbocycles. The third-order valence-electron chi connectivity index (χ3n) is 2.69. The molecule has 5 heteroatoms. The highest BCUT2D eigenvalue weighted by Gasteiger charge is 2.01. The normalized spacial score (nSPS) is 11.1. The van der Waals surface area contributed by atoms with Crippen molar-refractivity contribution >= 4 is 0 Å². The molecule has 0 aromatic heterocycles. The molecular weight excluding hydrogens is 235 g/mol. The van der Waals surface area contributed by atoms with E-state index in [1.807, 2.05) is 7.05 Å². The molecule has 1 rings (SSSR count). The lowest BCUT2D eigenvalue weighted by atomic mass is 10.2. The lowest BCUT2D eigenvalue weighted by molar-refractivity contribution is 0.161. The van der Waals surface area contributed by atoms with E-state index in [0.29, 0.717) is 6.54 Å². The van der Waals surface area contributed by atoms with Crippen LogP contribution in [-0.2, 0) is 11.3 Å². The Balaban J connectivity index is 2.19. The second kappa shape index (κ2) is 8.02. The molecule has 0 heterocycles.